The van der Waals surface area contributed by atoms with Crippen LogP contribution in [0.25, 0.3) is 11.0 Å². The lowest BCUT2D eigenvalue weighted by Gasteiger charge is -2.17. The molecule has 0 saturated carbocycles. The standard InChI is InChI=1S/C18H18FN3OS/c1-21(11-13-6-5-7-14(19)10-13)17(23)12-24-18-20-15-8-3-4-9-16(15)22(18)2/h3-10H,11-12H2,1-2H3. The first kappa shape index (κ1) is 16.5. The van der Waals surface area contributed by atoms with Gasteiger partial charge in [-0.25, -0.2) is 9.37 Å². The molecule has 0 saturated heterocycles. The van der Waals surface area contributed by atoms with E-state index >= 15 is 0 Å². The highest BCUT2D eigenvalue weighted by atomic mass is 32.2. The molecule has 3 aromatic rings. The predicted molar refractivity (Wildman–Crippen MR) is 94.3 cm³/mol. The fraction of sp³-hybridized carbons (Fsp3) is 0.222. The molecule has 0 fully saturated rings. The van der Waals surface area contributed by atoms with Crippen molar-refractivity contribution in [3.8, 4) is 0 Å². The minimum absolute atomic E-state index is 0.0173. The highest BCUT2D eigenvalue weighted by molar-refractivity contribution is 7.99. The van der Waals surface area contributed by atoms with Crippen LogP contribution in [0.5, 0.6) is 0 Å². The molecule has 0 N–H and O–H groups in total. The summed E-state index contributed by atoms with van der Waals surface area (Å²) in [7, 11) is 3.67. The molecule has 4 nitrogen and oxygen atoms in total. The average Bonchev–Trinajstić information content (AvgIpc) is 2.89. The van der Waals surface area contributed by atoms with Crippen molar-refractivity contribution in [2.75, 3.05) is 12.8 Å². The number of benzene rings is 2. The van der Waals surface area contributed by atoms with Crippen molar-refractivity contribution in [1.29, 1.82) is 0 Å². The van der Waals surface area contributed by atoms with Gasteiger partial charge in [0.05, 0.1) is 16.8 Å². The van der Waals surface area contributed by atoms with Crippen molar-refractivity contribution in [2.45, 2.75) is 11.7 Å². The average molecular weight is 343 g/mol. The number of thioether (sulfide) groups is 1. The van der Waals surface area contributed by atoms with Crippen LogP contribution in [0.1, 0.15) is 5.56 Å². The topological polar surface area (TPSA) is 38.1 Å². The van der Waals surface area contributed by atoms with Gasteiger partial charge in [0.15, 0.2) is 5.16 Å². The number of aryl methyl sites for hydroxylation is 1. The molecule has 24 heavy (non-hydrogen) atoms. The van der Waals surface area contributed by atoms with E-state index in [-0.39, 0.29) is 11.7 Å². The lowest BCUT2D eigenvalue weighted by Crippen LogP contribution is -2.27. The Bertz CT molecular complexity index is 878. The zero-order valence-corrected chi connectivity index (χ0v) is 14.4. The van der Waals surface area contributed by atoms with E-state index in [1.165, 1.54) is 23.9 Å². The number of imidazole rings is 1. The highest BCUT2D eigenvalue weighted by Crippen LogP contribution is 2.22. The maximum absolute atomic E-state index is 13.2. The summed E-state index contributed by atoms with van der Waals surface area (Å²) in [4.78, 5) is 18.5. The van der Waals surface area contributed by atoms with Gasteiger partial charge in [0, 0.05) is 20.6 Å². The maximum atomic E-state index is 13.2. The minimum atomic E-state index is -0.289. The third kappa shape index (κ3) is 3.59. The number of carbonyl (C=O) groups excluding carboxylic acids is 1. The van der Waals surface area contributed by atoms with E-state index in [1.807, 2.05) is 41.9 Å². The molecule has 0 aliphatic heterocycles. The van der Waals surface area contributed by atoms with Gasteiger partial charge in [-0.2, -0.15) is 0 Å². The van der Waals surface area contributed by atoms with Gasteiger partial charge in [-0.3, -0.25) is 4.79 Å². The second-order valence-corrected chi connectivity index (χ2v) is 6.55. The third-order valence-corrected chi connectivity index (χ3v) is 4.82. The molecule has 3 rings (SSSR count). The van der Waals surface area contributed by atoms with Gasteiger partial charge in [0.25, 0.3) is 0 Å². The first-order valence-corrected chi connectivity index (χ1v) is 8.56. The van der Waals surface area contributed by atoms with Gasteiger partial charge < -0.3 is 9.47 Å². The smallest absolute Gasteiger partial charge is 0.233 e. The summed E-state index contributed by atoms with van der Waals surface area (Å²) in [6.45, 7) is 0.389. The van der Waals surface area contributed by atoms with Crippen LogP contribution in [-0.4, -0.2) is 33.2 Å². The Hall–Kier alpha value is -2.34. The zero-order chi connectivity index (χ0) is 17.1. The van der Waals surface area contributed by atoms with Crippen molar-refractivity contribution >= 4 is 28.7 Å². The third-order valence-electron chi connectivity index (χ3n) is 3.81. The van der Waals surface area contributed by atoms with E-state index in [0.29, 0.717) is 12.3 Å². The van der Waals surface area contributed by atoms with Crippen molar-refractivity contribution in [1.82, 2.24) is 14.5 Å². The van der Waals surface area contributed by atoms with Crippen LogP contribution in [0.3, 0.4) is 0 Å². The zero-order valence-electron chi connectivity index (χ0n) is 13.6. The molecule has 0 unspecified atom stereocenters. The van der Waals surface area contributed by atoms with Gasteiger partial charge in [-0.05, 0) is 29.8 Å². The highest BCUT2D eigenvalue weighted by Gasteiger charge is 2.13. The van der Waals surface area contributed by atoms with Crippen molar-refractivity contribution in [3.63, 3.8) is 0 Å². The predicted octanol–water partition coefficient (Wildman–Crippen LogP) is 3.46. The van der Waals surface area contributed by atoms with Crippen LogP contribution in [0.4, 0.5) is 4.39 Å². The van der Waals surface area contributed by atoms with Crippen LogP contribution in [0, 0.1) is 5.82 Å². The molecular formula is C18H18FN3OS. The summed E-state index contributed by atoms with van der Waals surface area (Å²) < 4.78 is 15.2. The molecule has 124 valence electrons. The lowest BCUT2D eigenvalue weighted by atomic mass is 10.2. The van der Waals surface area contributed by atoms with E-state index in [0.717, 1.165) is 21.8 Å². The van der Waals surface area contributed by atoms with E-state index in [9.17, 15) is 9.18 Å². The van der Waals surface area contributed by atoms with Gasteiger partial charge in [0.2, 0.25) is 5.91 Å². The summed E-state index contributed by atoms with van der Waals surface area (Å²) >= 11 is 1.41. The number of fused-ring (bicyclic) bond motifs is 1. The fourth-order valence-corrected chi connectivity index (χ4v) is 3.41. The minimum Gasteiger partial charge on any atom is -0.341 e. The number of hydrogen-bond donors (Lipinski definition) is 0. The molecule has 0 aliphatic rings. The normalized spacial score (nSPS) is 11.0. The van der Waals surface area contributed by atoms with Gasteiger partial charge in [-0.1, -0.05) is 36.0 Å². The molecule has 0 aliphatic carbocycles. The fourth-order valence-electron chi connectivity index (χ4n) is 2.49. The van der Waals surface area contributed by atoms with Crippen molar-refractivity contribution < 1.29 is 9.18 Å². The van der Waals surface area contributed by atoms with E-state index in [4.69, 9.17) is 0 Å². The Morgan fingerprint density at radius 3 is 2.79 bits per heavy atom. The SMILES string of the molecule is CN(Cc1cccc(F)c1)C(=O)CSc1nc2ccccc2n1C. The van der Waals surface area contributed by atoms with Crippen LogP contribution in [-0.2, 0) is 18.4 Å². The number of amides is 1. The molecule has 1 heterocycles. The van der Waals surface area contributed by atoms with Crippen LogP contribution >= 0.6 is 11.8 Å². The number of para-hydroxylation sites is 2. The monoisotopic (exact) mass is 343 g/mol. The quantitative estimate of drug-likeness (QED) is 0.666. The Balaban J connectivity index is 1.63. The summed E-state index contributed by atoms with van der Waals surface area (Å²) in [6.07, 6.45) is 0. The lowest BCUT2D eigenvalue weighted by molar-refractivity contribution is -0.127. The second-order valence-electron chi connectivity index (χ2n) is 5.61. The van der Waals surface area contributed by atoms with Crippen molar-refractivity contribution in [2.24, 2.45) is 7.05 Å². The Labute approximate surface area is 144 Å². The molecular weight excluding hydrogens is 325 g/mol. The molecule has 0 bridgehead atoms. The number of halogens is 1. The van der Waals surface area contributed by atoms with Crippen LogP contribution in [0.15, 0.2) is 53.7 Å². The Morgan fingerprint density at radius 1 is 1.25 bits per heavy atom. The van der Waals surface area contributed by atoms with E-state index in [2.05, 4.69) is 4.98 Å². The van der Waals surface area contributed by atoms with E-state index in [1.54, 1.807) is 18.0 Å². The Kier molecular flexibility index (Phi) is 4.85. The molecule has 1 aromatic heterocycles. The number of aromatic nitrogens is 2. The molecule has 2 aromatic carbocycles. The number of carbonyl (C=O) groups is 1. The van der Waals surface area contributed by atoms with Crippen molar-refractivity contribution in [3.05, 3.63) is 59.9 Å². The maximum Gasteiger partial charge on any atom is 0.233 e. The van der Waals surface area contributed by atoms with Gasteiger partial charge in [-0.15, -0.1) is 0 Å². The largest absolute Gasteiger partial charge is 0.341 e. The Morgan fingerprint density at radius 2 is 2.04 bits per heavy atom. The van der Waals surface area contributed by atoms with Gasteiger partial charge in [0.1, 0.15) is 5.82 Å². The second kappa shape index (κ2) is 7.05. The molecule has 0 spiro atoms. The first-order valence-electron chi connectivity index (χ1n) is 7.57. The summed E-state index contributed by atoms with van der Waals surface area (Å²) in [6, 6.07) is 14.2. The molecule has 1 amide bonds. The number of hydrogen-bond acceptors (Lipinski definition) is 3. The molecule has 0 atom stereocenters. The molecule has 6 heteroatoms. The van der Waals surface area contributed by atoms with Crippen LogP contribution in [0.2, 0.25) is 0 Å². The summed E-state index contributed by atoms with van der Waals surface area (Å²) in [5.41, 5.74) is 2.74. The van der Waals surface area contributed by atoms with Gasteiger partial charge >= 0.3 is 0 Å². The first-order chi connectivity index (χ1) is 11.5. The molecule has 0 radical (unpaired) electrons. The van der Waals surface area contributed by atoms with Crippen LogP contribution < -0.4 is 0 Å². The van der Waals surface area contributed by atoms with E-state index < -0.39 is 0 Å². The number of nitrogens with zero attached hydrogens (tertiary/aromatic N) is 3. The number of rotatable bonds is 5. The summed E-state index contributed by atoms with van der Waals surface area (Å²) in [5, 5.41) is 0.809. The summed E-state index contributed by atoms with van der Waals surface area (Å²) in [5.74, 6) is -0.0121.